The van der Waals surface area contributed by atoms with Crippen LogP contribution in [-0.2, 0) is 9.59 Å². The molecule has 1 rings (SSSR count). The van der Waals surface area contributed by atoms with Crippen LogP contribution in [0.15, 0.2) is 43.0 Å². The zero-order valence-electron chi connectivity index (χ0n) is 13.3. The van der Waals surface area contributed by atoms with Gasteiger partial charge in [0.15, 0.2) is 6.10 Å². The van der Waals surface area contributed by atoms with Gasteiger partial charge in [-0.1, -0.05) is 55.7 Å². The van der Waals surface area contributed by atoms with E-state index in [0.29, 0.717) is 12.0 Å². The highest BCUT2D eigenvalue weighted by Gasteiger charge is 2.24. The maximum atomic E-state index is 12.0. The minimum absolute atomic E-state index is 0.358. The van der Waals surface area contributed by atoms with Crippen LogP contribution in [0.5, 0.6) is 0 Å². The van der Waals surface area contributed by atoms with Gasteiger partial charge in [0, 0.05) is 0 Å². The van der Waals surface area contributed by atoms with Crippen molar-refractivity contribution in [1.82, 2.24) is 5.32 Å². The molecule has 1 amide bonds. The Labute approximate surface area is 137 Å². The lowest BCUT2D eigenvalue weighted by atomic mass is 10.0. The molecule has 1 aromatic rings. The lowest BCUT2D eigenvalue weighted by Gasteiger charge is -2.17. The fourth-order valence-corrected chi connectivity index (χ4v) is 2.29. The molecule has 0 aliphatic rings. The first kappa shape index (κ1) is 18.9. The number of benzene rings is 1. The van der Waals surface area contributed by atoms with E-state index >= 15 is 0 Å². The molecular weight excluding hydrogens is 294 g/mol. The van der Waals surface area contributed by atoms with Crippen molar-refractivity contribution in [3.05, 3.63) is 48.6 Å². The third kappa shape index (κ3) is 7.10. The third-order valence-electron chi connectivity index (χ3n) is 3.63. The molecule has 1 aromatic carbocycles. The van der Waals surface area contributed by atoms with E-state index in [0.717, 1.165) is 32.1 Å². The van der Waals surface area contributed by atoms with E-state index in [-0.39, 0.29) is 0 Å². The lowest BCUT2D eigenvalue weighted by Crippen LogP contribution is -2.43. The van der Waals surface area contributed by atoms with Crippen molar-refractivity contribution in [2.75, 3.05) is 0 Å². The molecule has 2 atom stereocenters. The van der Waals surface area contributed by atoms with Gasteiger partial charge in [0.1, 0.15) is 6.04 Å². The van der Waals surface area contributed by atoms with E-state index in [9.17, 15) is 19.8 Å². The topological polar surface area (TPSA) is 86.6 Å². The van der Waals surface area contributed by atoms with E-state index in [1.807, 2.05) is 6.08 Å². The van der Waals surface area contributed by atoms with Crippen LogP contribution in [0.3, 0.4) is 0 Å². The molecular formula is C18H25NO4. The number of carbonyl (C=O) groups is 2. The molecule has 0 aliphatic heterocycles. The van der Waals surface area contributed by atoms with Gasteiger partial charge < -0.3 is 15.5 Å². The smallest absolute Gasteiger partial charge is 0.326 e. The summed E-state index contributed by atoms with van der Waals surface area (Å²) < 4.78 is 0. The first-order valence-electron chi connectivity index (χ1n) is 7.93. The maximum absolute atomic E-state index is 12.0. The Kier molecular flexibility index (Phi) is 8.68. The summed E-state index contributed by atoms with van der Waals surface area (Å²) in [4.78, 5) is 23.2. The number of aliphatic carboxylic acids is 1. The number of hydrogen-bond donors (Lipinski definition) is 3. The zero-order chi connectivity index (χ0) is 17.1. The summed E-state index contributed by atoms with van der Waals surface area (Å²) in [6.45, 7) is 3.66. The Morgan fingerprint density at radius 1 is 1.13 bits per heavy atom. The highest BCUT2D eigenvalue weighted by molar-refractivity contribution is 5.86. The Morgan fingerprint density at radius 3 is 2.39 bits per heavy atom. The van der Waals surface area contributed by atoms with Gasteiger partial charge in [0.2, 0.25) is 0 Å². The first-order chi connectivity index (χ1) is 11.1. The Bertz CT molecular complexity index is 501. The number of unbranched alkanes of at least 4 members (excludes halogenated alkanes) is 4. The van der Waals surface area contributed by atoms with E-state index in [1.54, 1.807) is 30.3 Å². The number of carbonyl (C=O) groups excluding carboxylic acids is 1. The molecule has 3 N–H and O–H groups in total. The van der Waals surface area contributed by atoms with Crippen LogP contribution in [0.2, 0.25) is 0 Å². The van der Waals surface area contributed by atoms with Crippen LogP contribution in [0.4, 0.5) is 0 Å². The first-order valence-corrected chi connectivity index (χ1v) is 7.93. The van der Waals surface area contributed by atoms with Gasteiger partial charge in [-0.05, 0) is 24.8 Å². The maximum Gasteiger partial charge on any atom is 0.326 e. The van der Waals surface area contributed by atoms with E-state index < -0.39 is 24.0 Å². The van der Waals surface area contributed by atoms with Crippen molar-refractivity contribution in [1.29, 1.82) is 0 Å². The number of carboxylic acids is 1. The number of allylic oxidation sites excluding steroid dienone is 1. The summed E-state index contributed by atoms with van der Waals surface area (Å²) in [5.74, 6) is -1.76. The molecule has 0 unspecified atom stereocenters. The zero-order valence-corrected chi connectivity index (χ0v) is 13.3. The van der Waals surface area contributed by atoms with Crippen molar-refractivity contribution in [3.8, 4) is 0 Å². The predicted octanol–water partition coefficient (Wildman–Crippen LogP) is 2.82. The average molecular weight is 319 g/mol. The highest BCUT2D eigenvalue weighted by Crippen LogP contribution is 2.13. The van der Waals surface area contributed by atoms with Crippen molar-refractivity contribution >= 4 is 11.9 Å². The van der Waals surface area contributed by atoms with Crippen LogP contribution in [0, 0.1) is 0 Å². The van der Waals surface area contributed by atoms with Gasteiger partial charge in [0.05, 0.1) is 0 Å². The molecule has 0 aromatic heterocycles. The Balaban J connectivity index is 2.44. The summed E-state index contributed by atoms with van der Waals surface area (Å²) >= 11 is 0. The molecule has 0 saturated carbocycles. The van der Waals surface area contributed by atoms with E-state index in [2.05, 4.69) is 11.9 Å². The third-order valence-corrected chi connectivity index (χ3v) is 3.63. The van der Waals surface area contributed by atoms with Crippen molar-refractivity contribution in [2.45, 2.75) is 50.7 Å². The average Bonchev–Trinajstić information content (AvgIpc) is 2.56. The number of aliphatic hydroxyl groups is 1. The fraction of sp³-hybridized carbons (Fsp3) is 0.444. The second kappa shape index (κ2) is 10.6. The fourth-order valence-electron chi connectivity index (χ4n) is 2.29. The molecule has 0 radical (unpaired) electrons. The molecule has 0 spiro atoms. The van der Waals surface area contributed by atoms with Gasteiger partial charge in [-0.25, -0.2) is 4.79 Å². The SMILES string of the molecule is C=CCCCCCC[C@@H](NC(=O)[C@@H](O)c1ccccc1)C(=O)O. The summed E-state index contributed by atoms with van der Waals surface area (Å²) in [7, 11) is 0. The molecule has 0 saturated heterocycles. The van der Waals surface area contributed by atoms with E-state index in [1.165, 1.54) is 0 Å². The lowest BCUT2D eigenvalue weighted by molar-refractivity contribution is -0.143. The number of carboxylic acid groups (broad SMARTS) is 1. The van der Waals surface area contributed by atoms with Crippen molar-refractivity contribution in [3.63, 3.8) is 0 Å². The standard InChI is InChI=1S/C18H25NO4/c1-2-3-4-5-6-10-13-15(18(22)23)19-17(21)16(20)14-11-8-7-9-12-14/h2,7-9,11-12,15-16,20H,1,3-6,10,13H2,(H,19,21)(H,22,23)/t15-,16+/m1/s1. The van der Waals surface area contributed by atoms with Crippen LogP contribution >= 0.6 is 0 Å². The Morgan fingerprint density at radius 2 is 1.78 bits per heavy atom. The molecule has 23 heavy (non-hydrogen) atoms. The molecule has 5 heteroatoms. The van der Waals surface area contributed by atoms with Crippen LogP contribution in [0.1, 0.15) is 50.2 Å². The quantitative estimate of drug-likeness (QED) is 0.432. The number of amides is 1. The van der Waals surface area contributed by atoms with Crippen molar-refractivity contribution in [2.24, 2.45) is 0 Å². The minimum atomic E-state index is -1.36. The normalized spacial score (nSPS) is 13.1. The molecule has 0 aliphatic carbocycles. The predicted molar refractivity (Wildman–Crippen MR) is 88.9 cm³/mol. The van der Waals surface area contributed by atoms with Crippen molar-refractivity contribution < 1.29 is 19.8 Å². The van der Waals surface area contributed by atoms with Crippen LogP contribution < -0.4 is 5.32 Å². The largest absolute Gasteiger partial charge is 0.480 e. The number of nitrogens with one attached hydrogen (secondary N) is 1. The highest BCUT2D eigenvalue weighted by atomic mass is 16.4. The van der Waals surface area contributed by atoms with Crippen LogP contribution in [0.25, 0.3) is 0 Å². The Hall–Kier alpha value is -2.14. The number of aliphatic hydroxyl groups excluding tert-OH is 1. The van der Waals surface area contributed by atoms with Gasteiger partial charge in [0.25, 0.3) is 5.91 Å². The second-order valence-corrected chi connectivity index (χ2v) is 5.49. The van der Waals surface area contributed by atoms with Gasteiger partial charge >= 0.3 is 5.97 Å². The van der Waals surface area contributed by atoms with Gasteiger partial charge in [-0.3, -0.25) is 4.79 Å². The minimum Gasteiger partial charge on any atom is -0.480 e. The molecule has 0 heterocycles. The molecule has 126 valence electrons. The van der Waals surface area contributed by atoms with E-state index in [4.69, 9.17) is 0 Å². The number of rotatable bonds is 11. The number of hydrogen-bond acceptors (Lipinski definition) is 3. The van der Waals surface area contributed by atoms with Gasteiger partial charge in [-0.2, -0.15) is 0 Å². The summed E-state index contributed by atoms with van der Waals surface area (Å²) in [5.41, 5.74) is 0.443. The summed E-state index contributed by atoms with van der Waals surface area (Å²) in [5, 5.41) is 21.6. The van der Waals surface area contributed by atoms with Crippen LogP contribution in [-0.4, -0.2) is 28.1 Å². The second-order valence-electron chi connectivity index (χ2n) is 5.49. The molecule has 0 bridgehead atoms. The molecule has 0 fully saturated rings. The molecule has 5 nitrogen and oxygen atoms in total. The summed E-state index contributed by atoms with van der Waals surface area (Å²) in [6, 6.07) is 7.48. The monoisotopic (exact) mass is 319 g/mol. The van der Waals surface area contributed by atoms with Gasteiger partial charge in [-0.15, -0.1) is 6.58 Å². The summed E-state index contributed by atoms with van der Waals surface area (Å²) in [6.07, 6.45) is 5.51.